The Hall–Kier alpha value is -7.75. The first-order valence-electron chi connectivity index (χ1n) is 22.6. The minimum atomic E-state index is -0.236. The number of benzene rings is 9. The summed E-state index contributed by atoms with van der Waals surface area (Å²) >= 11 is 0. The summed E-state index contributed by atoms with van der Waals surface area (Å²) in [5.41, 5.74) is 21.9. The number of para-hydroxylation sites is 2. The van der Waals surface area contributed by atoms with Crippen molar-refractivity contribution in [3.8, 4) is 39.1 Å². The van der Waals surface area contributed by atoms with Gasteiger partial charge in [-0.3, -0.25) is 0 Å². The highest BCUT2D eigenvalue weighted by molar-refractivity contribution is 6.11. The van der Waals surface area contributed by atoms with Crippen LogP contribution in [-0.2, 0) is 10.8 Å². The van der Waals surface area contributed by atoms with Crippen LogP contribution in [0.1, 0.15) is 49.9 Å². The van der Waals surface area contributed by atoms with Gasteiger partial charge < -0.3 is 9.47 Å². The van der Waals surface area contributed by atoms with Crippen LogP contribution in [0.15, 0.2) is 212 Å². The zero-order valence-corrected chi connectivity index (χ0v) is 37.0. The molecule has 0 N–H and O–H groups in total. The van der Waals surface area contributed by atoms with Crippen molar-refractivity contribution >= 4 is 50.0 Å². The fourth-order valence-electron chi connectivity index (χ4n) is 11.0. The fourth-order valence-corrected chi connectivity index (χ4v) is 11.0. The lowest BCUT2D eigenvalue weighted by Gasteiger charge is -2.28. The third-order valence-electron chi connectivity index (χ3n) is 14.2. The van der Waals surface area contributed by atoms with Crippen LogP contribution < -0.4 is 4.90 Å². The molecule has 2 nitrogen and oxygen atoms in total. The molecule has 0 saturated heterocycles. The van der Waals surface area contributed by atoms with E-state index in [9.17, 15) is 4.39 Å². The normalized spacial score (nSPS) is 14.4. The molecule has 1 aromatic heterocycles. The second-order valence-electron chi connectivity index (χ2n) is 18.7. The SMILES string of the molecule is CC1(C)C2=C(c3ccccc31)C(C)(C)c1cc(-c3ccc(-c4ccc(N(c5ccc(-c6ccc(F)cc6)cc5)c5ccc6c(c5)c5ccccc5n6-c5ccccc5)cc4)cc3)ccc12. The van der Waals surface area contributed by atoms with Gasteiger partial charge in [-0.15, -0.1) is 0 Å². The zero-order valence-electron chi connectivity index (χ0n) is 37.0. The molecule has 65 heavy (non-hydrogen) atoms. The second kappa shape index (κ2) is 14.7. The molecular formula is C62H47FN2. The van der Waals surface area contributed by atoms with Crippen molar-refractivity contribution in [1.82, 2.24) is 4.57 Å². The maximum absolute atomic E-state index is 13.8. The van der Waals surface area contributed by atoms with Crippen LogP contribution in [0.5, 0.6) is 0 Å². The van der Waals surface area contributed by atoms with Crippen LogP contribution in [0, 0.1) is 5.82 Å². The van der Waals surface area contributed by atoms with Gasteiger partial charge in [0.15, 0.2) is 0 Å². The number of aromatic nitrogens is 1. The van der Waals surface area contributed by atoms with Crippen LogP contribution in [0.2, 0.25) is 0 Å². The maximum atomic E-state index is 13.8. The molecule has 0 atom stereocenters. The van der Waals surface area contributed by atoms with Crippen molar-refractivity contribution in [2.75, 3.05) is 4.90 Å². The number of anilines is 3. The minimum Gasteiger partial charge on any atom is -0.310 e. The van der Waals surface area contributed by atoms with Crippen molar-refractivity contribution in [3.63, 3.8) is 0 Å². The lowest BCUT2D eigenvalue weighted by Crippen LogP contribution is -2.19. The van der Waals surface area contributed by atoms with Gasteiger partial charge in [0.25, 0.3) is 0 Å². The molecular weight excluding hydrogens is 792 g/mol. The number of allylic oxidation sites excluding steroid dienone is 2. The van der Waals surface area contributed by atoms with E-state index < -0.39 is 0 Å². The summed E-state index contributed by atoms with van der Waals surface area (Å²) in [7, 11) is 0. The van der Waals surface area contributed by atoms with E-state index in [4.69, 9.17) is 0 Å². The Morgan fingerprint density at radius 3 is 1.48 bits per heavy atom. The van der Waals surface area contributed by atoms with Gasteiger partial charge in [-0.25, -0.2) is 4.39 Å². The molecule has 12 rings (SSSR count). The van der Waals surface area contributed by atoms with E-state index in [2.05, 4.69) is 225 Å². The van der Waals surface area contributed by atoms with E-state index in [0.717, 1.165) is 45.0 Å². The predicted molar refractivity (Wildman–Crippen MR) is 271 cm³/mol. The smallest absolute Gasteiger partial charge is 0.123 e. The molecule has 0 spiro atoms. The molecule has 9 aromatic carbocycles. The monoisotopic (exact) mass is 838 g/mol. The van der Waals surface area contributed by atoms with Crippen LogP contribution in [0.25, 0.3) is 72.0 Å². The molecule has 2 aliphatic rings. The molecule has 2 aliphatic carbocycles. The van der Waals surface area contributed by atoms with Gasteiger partial charge >= 0.3 is 0 Å². The van der Waals surface area contributed by atoms with Crippen molar-refractivity contribution in [2.24, 2.45) is 0 Å². The summed E-state index contributed by atoms with van der Waals surface area (Å²) in [6.45, 7) is 9.57. The summed E-state index contributed by atoms with van der Waals surface area (Å²) in [5, 5.41) is 2.39. The molecule has 0 aliphatic heterocycles. The van der Waals surface area contributed by atoms with Gasteiger partial charge in [-0.1, -0.05) is 161 Å². The number of hydrogen-bond donors (Lipinski definition) is 0. The van der Waals surface area contributed by atoms with Crippen molar-refractivity contribution in [2.45, 2.75) is 38.5 Å². The standard InChI is InChI=1S/C62H47FN2/c1-61(2)55-16-10-8-15-52(55)59-60(61)53-36-28-45(38-56(53)62(59,3)4)44-20-18-40(19-21-44)42-24-31-48(32-25-42)64(49-33-26-43(27-34-49)41-22-29-46(63)30-23-41)50-35-37-58-54(39-50)51-14-9-11-17-57(51)65(58)47-12-6-5-7-13-47/h5-39H,1-4H3. The van der Waals surface area contributed by atoms with Crippen molar-refractivity contribution in [3.05, 3.63) is 240 Å². The van der Waals surface area contributed by atoms with E-state index in [1.165, 1.54) is 78.5 Å². The van der Waals surface area contributed by atoms with E-state index in [1.807, 2.05) is 12.1 Å². The van der Waals surface area contributed by atoms with Crippen LogP contribution >= 0.6 is 0 Å². The molecule has 0 saturated carbocycles. The fraction of sp³-hybridized carbons (Fsp3) is 0.0968. The average Bonchev–Trinajstić information content (AvgIpc) is 3.90. The van der Waals surface area contributed by atoms with Crippen LogP contribution in [0.3, 0.4) is 0 Å². The van der Waals surface area contributed by atoms with Gasteiger partial charge in [0.1, 0.15) is 5.82 Å². The number of rotatable bonds is 7. The van der Waals surface area contributed by atoms with Gasteiger partial charge in [0.05, 0.1) is 11.0 Å². The van der Waals surface area contributed by atoms with E-state index in [-0.39, 0.29) is 16.6 Å². The third kappa shape index (κ3) is 6.14. The summed E-state index contributed by atoms with van der Waals surface area (Å²) in [4.78, 5) is 2.33. The largest absolute Gasteiger partial charge is 0.310 e. The molecule has 0 fully saturated rings. The topological polar surface area (TPSA) is 8.17 Å². The highest BCUT2D eigenvalue weighted by Gasteiger charge is 2.49. The van der Waals surface area contributed by atoms with Crippen LogP contribution in [0.4, 0.5) is 21.5 Å². The second-order valence-corrected chi connectivity index (χ2v) is 18.7. The summed E-state index contributed by atoms with van der Waals surface area (Å²) in [6, 6.07) is 75.4. The van der Waals surface area contributed by atoms with Gasteiger partial charge in [-0.05, 0) is 146 Å². The summed E-state index contributed by atoms with van der Waals surface area (Å²) in [5.74, 6) is -0.236. The van der Waals surface area contributed by atoms with Crippen molar-refractivity contribution < 1.29 is 4.39 Å². The summed E-state index contributed by atoms with van der Waals surface area (Å²) < 4.78 is 16.2. The first-order valence-corrected chi connectivity index (χ1v) is 22.6. The number of nitrogens with zero attached hydrogens (tertiary/aromatic N) is 2. The first-order chi connectivity index (χ1) is 31.6. The molecule has 0 amide bonds. The highest BCUT2D eigenvalue weighted by atomic mass is 19.1. The highest BCUT2D eigenvalue weighted by Crippen LogP contribution is 2.62. The quantitative estimate of drug-likeness (QED) is 0.155. The maximum Gasteiger partial charge on any atom is 0.123 e. The van der Waals surface area contributed by atoms with Gasteiger partial charge in [-0.2, -0.15) is 0 Å². The Morgan fingerprint density at radius 2 is 0.831 bits per heavy atom. The van der Waals surface area contributed by atoms with Crippen LogP contribution in [-0.4, -0.2) is 4.57 Å². The Labute approximate surface area is 380 Å². The molecule has 312 valence electrons. The predicted octanol–water partition coefficient (Wildman–Crippen LogP) is 16.9. The molecule has 3 heteroatoms. The Bertz CT molecular complexity index is 3500. The van der Waals surface area contributed by atoms with Gasteiger partial charge in [0, 0.05) is 44.4 Å². The lowest BCUT2D eigenvalue weighted by atomic mass is 9.75. The average molecular weight is 839 g/mol. The van der Waals surface area contributed by atoms with Crippen molar-refractivity contribution in [1.29, 1.82) is 0 Å². The number of halogens is 1. The third-order valence-corrected chi connectivity index (χ3v) is 14.2. The molecule has 10 aromatic rings. The zero-order chi connectivity index (χ0) is 44.0. The van der Waals surface area contributed by atoms with E-state index >= 15 is 0 Å². The van der Waals surface area contributed by atoms with E-state index in [1.54, 1.807) is 0 Å². The Kier molecular flexibility index (Phi) is 8.77. The Morgan fingerprint density at radius 1 is 0.369 bits per heavy atom. The molecule has 0 unspecified atom stereocenters. The number of hydrogen-bond acceptors (Lipinski definition) is 1. The van der Waals surface area contributed by atoms with E-state index in [0.29, 0.717) is 0 Å². The minimum absolute atomic E-state index is 0.0299. The number of fused-ring (bicyclic) bond motifs is 7. The molecule has 0 radical (unpaired) electrons. The lowest BCUT2D eigenvalue weighted by molar-refractivity contribution is 0.628. The summed E-state index contributed by atoms with van der Waals surface area (Å²) in [6.07, 6.45) is 0. The Balaban J connectivity index is 0.888. The molecule has 0 bridgehead atoms. The van der Waals surface area contributed by atoms with Gasteiger partial charge in [0.2, 0.25) is 0 Å². The molecule has 1 heterocycles. The first kappa shape index (κ1) is 38.9.